The van der Waals surface area contributed by atoms with Gasteiger partial charge >= 0.3 is 0 Å². The highest BCUT2D eigenvalue weighted by Gasteiger charge is 2.26. The molecule has 2 aromatic heterocycles. The molecule has 0 aliphatic carbocycles. The molecule has 0 spiro atoms. The fraction of sp³-hybridized carbons (Fsp3) is 0.167. The first kappa shape index (κ1) is 23.6. The minimum absolute atomic E-state index is 0.194. The third kappa shape index (κ3) is 5.29. The predicted octanol–water partition coefficient (Wildman–Crippen LogP) is 4.12. The summed E-state index contributed by atoms with van der Waals surface area (Å²) in [7, 11) is -3.56. The quantitative estimate of drug-likeness (QED) is 0.382. The lowest BCUT2D eigenvalue weighted by molar-refractivity contribution is 0.0730. The van der Waals surface area contributed by atoms with Gasteiger partial charge in [0.15, 0.2) is 0 Å². The summed E-state index contributed by atoms with van der Waals surface area (Å²) in [6, 6.07) is 17.3. The minimum Gasteiger partial charge on any atom is -0.508 e. The normalized spacial score (nSPS) is 15.7. The van der Waals surface area contributed by atoms with Crippen LogP contribution < -0.4 is 4.80 Å². The van der Waals surface area contributed by atoms with Crippen LogP contribution in [0.15, 0.2) is 86.4 Å². The molecule has 0 atom stereocenters. The third-order valence-electron chi connectivity index (χ3n) is 5.34. The zero-order valence-corrected chi connectivity index (χ0v) is 21.0. The number of phenolic OH excluding ortho intramolecular Hbond substituents is 1. The zero-order chi connectivity index (χ0) is 24.3. The number of ether oxygens (including phenoxy) is 1. The average molecular weight is 527 g/mol. The first-order chi connectivity index (χ1) is 17.0. The Hall–Kier alpha value is -3.09. The molecule has 3 heterocycles. The molecule has 0 bridgehead atoms. The highest BCUT2D eigenvalue weighted by molar-refractivity contribution is 7.89. The number of thiazole rings is 1. The van der Waals surface area contributed by atoms with E-state index < -0.39 is 10.0 Å². The smallest absolute Gasteiger partial charge is 0.243 e. The van der Waals surface area contributed by atoms with Crippen molar-refractivity contribution in [1.29, 1.82) is 0 Å². The van der Waals surface area contributed by atoms with E-state index in [-0.39, 0.29) is 10.6 Å². The summed E-state index contributed by atoms with van der Waals surface area (Å²) in [4.78, 5) is 6.67. The largest absolute Gasteiger partial charge is 0.508 e. The van der Waals surface area contributed by atoms with E-state index in [2.05, 4.69) is 5.10 Å². The van der Waals surface area contributed by atoms with Crippen molar-refractivity contribution in [3.05, 3.63) is 81.8 Å². The van der Waals surface area contributed by atoms with Gasteiger partial charge in [0.25, 0.3) is 0 Å². The number of phenols is 1. The lowest BCUT2D eigenvalue weighted by Gasteiger charge is -2.26. The van der Waals surface area contributed by atoms with Crippen molar-refractivity contribution in [2.45, 2.75) is 4.90 Å². The zero-order valence-electron chi connectivity index (χ0n) is 18.5. The number of morpholine rings is 1. The van der Waals surface area contributed by atoms with Crippen LogP contribution in [0, 0.1) is 0 Å². The Kier molecular flexibility index (Phi) is 6.93. The fourth-order valence-electron chi connectivity index (χ4n) is 3.51. The van der Waals surface area contributed by atoms with Crippen molar-refractivity contribution in [2.75, 3.05) is 26.3 Å². The molecule has 0 saturated carbocycles. The molecule has 5 rings (SSSR count). The van der Waals surface area contributed by atoms with Gasteiger partial charge in [-0.1, -0.05) is 6.07 Å². The standard InChI is InChI=1S/C24H22N4O4S3/c29-20-7-3-18(4-8-20)16-25-28-22(23-2-1-15-33-23)17-34-24(28)26-19-5-9-21(10-6-19)35(30,31)27-11-13-32-14-12-27/h1-10,15-17,29H,11-14H2. The van der Waals surface area contributed by atoms with Gasteiger partial charge in [-0.25, -0.2) is 18.1 Å². The van der Waals surface area contributed by atoms with Crippen molar-refractivity contribution in [3.8, 4) is 16.3 Å². The van der Waals surface area contributed by atoms with Crippen molar-refractivity contribution in [2.24, 2.45) is 10.1 Å². The number of benzene rings is 2. The minimum atomic E-state index is -3.56. The second-order valence-corrected chi connectivity index (χ2v) is 11.4. The molecule has 0 unspecified atom stereocenters. The Morgan fingerprint density at radius 1 is 0.971 bits per heavy atom. The maximum atomic E-state index is 12.9. The van der Waals surface area contributed by atoms with Crippen LogP contribution in [0.5, 0.6) is 5.75 Å². The van der Waals surface area contributed by atoms with E-state index >= 15 is 0 Å². The van der Waals surface area contributed by atoms with Gasteiger partial charge in [0, 0.05) is 18.5 Å². The van der Waals surface area contributed by atoms with Crippen molar-refractivity contribution in [3.63, 3.8) is 0 Å². The van der Waals surface area contributed by atoms with Crippen molar-refractivity contribution < 1.29 is 18.3 Å². The molecule has 1 aliphatic rings. The van der Waals surface area contributed by atoms with E-state index in [0.717, 1.165) is 16.1 Å². The molecule has 1 saturated heterocycles. The number of sulfonamides is 1. The molecule has 35 heavy (non-hydrogen) atoms. The fourth-order valence-corrected chi connectivity index (χ4v) is 6.56. The maximum Gasteiger partial charge on any atom is 0.243 e. The van der Waals surface area contributed by atoms with E-state index in [1.807, 2.05) is 22.9 Å². The Morgan fingerprint density at radius 2 is 1.71 bits per heavy atom. The molecule has 180 valence electrons. The lowest BCUT2D eigenvalue weighted by Crippen LogP contribution is -2.40. The van der Waals surface area contributed by atoms with Gasteiger partial charge in [0.05, 0.1) is 40.6 Å². The second kappa shape index (κ2) is 10.3. The van der Waals surface area contributed by atoms with Crippen LogP contribution in [0.25, 0.3) is 10.6 Å². The first-order valence-corrected chi connectivity index (χ1v) is 14.0. The molecule has 8 nitrogen and oxygen atoms in total. The molecule has 2 aromatic carbocycles. The van der Waals surface area contributed by atoms with Crippen LogP contribution >= 0.6 is 22.7 Å². The molecule has 1 N–H and O–H groups in total. The van der Waals surface area contributed by atoms with E-state index in [4.69, 9.17) is 9.73 Å². The Labute approximate surface area is 210 Å². The van der Waals surface area contributed by atoms with Crippen LogP contribution in [0.4, 0.5) is 5.69 Å². The number of hydrogen-bond acceptors (Lipinski definition) is 8. The van der Waals surface area contributed by atoms with E-state index in [0.29, 0.717) is 36.8 Å². The molecule has 4 aromatic rings. The van der Waals surface area contributed by atoms with Gasteiger partial charge in [-0.15, -0.1) is 22.7 Å². The number of aromatic nitrogens is 1. The highest BCUT2D eigenvalue weighted by Crippen LogP contribution is 2.26. The first-order valence-electron chi connectivity index (χ1n) is 10.8. The monoisotopic (exact) mass is 526 g/mol. The summed E-state index contributed by atoms with van der Waals surface area (Å²) in [6.45, 7) is 1.52. The summed E-state index contributed by atoms with van der Waals surface area (Å²) < 4.78 is 34.3. The van der Waals surface area contributed by atoms with Gasteiger partial charge in [-0.3, -0.25) is 0 Å². The molecule has 0 radical (unpaired) electrons. The maximum absolute atomic E-state index is 12.9. The molecule has 0 amide bonds. The van der Waals surface area contributed by atoms with Crippen LogP contribution in [-0.2, 0) is 14.8 Å². The van der Waals surface area contributed by atoms with Crippen LogP contribution in [0.2, 0.25) is 0 Å². The van der Waals surface area contributed by atoms with E-state index in [1.54, 1.807) is 70.8 Å². The molecular formula is C24H22N4O4S3. The molecule has 11 heteroatoms. The highest BCUT2D eigenvalue weighted by atomic mass is 32.2. The Balaban J connectivity index is 1.49. The Bertz CT molecular complexity index is 1480. The van der Waals surface area contributed by atoms with Crippen molar-refractivity contribution in [1.82, 2.24) is 8.98 Å². The molecule has 1 aliphatic heterocycles. The van der Waals surface area contributed by atoms with Gasteiger partial charge in [0.1, 0.15) is 5.75 Å². The summed E-state index contributed by atoms with van der Waals surface area (Å²) in [6.07, 6.45) is 1.71. The Morgan fingerprint density at radius 3 is 2.40 bits per heavy atom. The van der Waals surface area contributed by atoms with Gasteiger partial charge in [-0.2, -0.15) is 9.41 Å². The van der Waals surface area contributed by atoms with Gasteiger partial charge in [0.2, 0.25) is 14.8 Å². The number of nitrogens with zero attached hydrogens (tertiary/aromatic N) is 4. The topological polar surface area (TPSA) is 96.5 Å². The lowest BCUT2D eigenvalue weighted by atomic mass is 10.2. The molecule has 1 fully saturated rings. The number of hydrogen-bond donors (Lipinski definition) is 1. The summed E-state index contributed by atoms with van der Waals surface area (Å²) >= 11 is 3.06. The van der Waals surface area contributed by atoms with E-state index in [9.17, 15) is 13.5 Å². The SMILES string of the molecule is O=S(=O)(c1ccc(N=c2scc(-c3cccs3)n2N=Cc2ccc(O)cc2)cc1)N1CCOCC1. The van der Waals surface area contributed by atoms with E-state index in [1.165, 1.54) is 15.6 Å². The number of rotatable bonds is 6. The number of aromatic hydroxyl groups is 1. The van der Waals surface area contributed by atoms with Gasteiger partial charge < -0.3 is 9.84 Å². The van der Waals surface area contributed by atoms with Gasteiger partial charge in [-0.05, 0) is 65.5 Å². The predicted molar refractivity (Wildman–Crippen MR) is 138 cm³/mol. The summed E-state index contributed by atoms with van der Waals surface area (Å²) in [5, 5.41) is 18.2. The van der Waals surface area contributed by atoms with Crippen molar-refractivity contribution >= 4 is 44.6 Å². The summed E-state index contributed by atoms with van der Waals surface area (Å²) in [5.41, 5.74) is 2.37. The second-order valence-electron chi connectivity index (χ2n) is 7.65. The molecular weight excluding hydrogens is 504 g/mol. The van der Waals surface area contributed by atoms with Crippen LogP contribution in [-0.4, -0.2) is 55.0 Å². The van der Waals surface area contributed by atoms with Crippen LogP contribution in [0.3, 0.4) is 0 Å². The van der Waals surface area contributed by atoms with Crippen LogP contribution in [0.1, 0.15) is 5.56 Å². The summed E-state index contributed by atoms with van der Waals surface area (Å²) in [5.74, 6) is 0.194. The number of thiophene rings is 1. The average Bonchev–Trinajstić information content (AvgIpc) is 3.55. The third-order valence-corrected chi connectivity index (χ3v) is 8.97.